The Morgan fingerprint density at radius 1 is 1.47 bits per heavy atom. The average molecular weight is 259 g/mol. The van der Waals surface area contributed by atoms with Crippen molar-refractivity contribution in [3.05, 3.63) is 36.2 Å². The quantitative estimate of drug-likeness (QED) is 0.881. The van der Waals surface area contributed by atoms with Crippen LogP contribution in [0.4, 0.5) is 0 Å². The number of fused-ring (bicyclic) bond motifs is 1. The van der Waals surface area contributed by atoms with Gasteiger partial charge in [0.1, 0.15) is 0 Å². The van der Waals surface area contributed by atoms with Crippen LogP contribution in [-0.4, -0.2) is 45.2 Å². The number of likely N-dealkylation sites (tertiary alicyclic amines) is 1. The van der Waals surface area contributed by atoms with Gasteiger partial charge in [-0.1, -0.05) is 6.07 Å². The summed E-state index contributed by atoms with van der Waals surface area (Å²) in [4.78, 5) is 14.4. The summed E-state index contributed by atoms with van der Waals surface area (Å²) in [7, 11) is 0. The van der Waals surface area contributed by atoms with E-state index < -0.39 is 0 Å². The first-order valence-electron chi connectivity index (χ1n) is 6.62. The molecule has 1 aliphatic heterocycles. The van der Waals surface area contributed by atoms with Crippen LogP contribution < -0.4 is 0 Å². The Morgan fingerprint density at radius 3 is 3.21 bits per heavy atom. The van der Waals surface area contributed by atoms with Crippen molar-refractivity contribution in [2.45, 2.75) is 12.8 Å². The number of hydrogen-bond donors (Lipinski definition) is 1. The summed E-state index contributed by atoms with van der Waals surface area (Å²) in [6.45, 7) is 1.55. The number of aromatic nitrogens is 2. The van der Waals surface area contributed by atoms with Gasteiger partial charge in [0.15, 0.2) is 0 Å². The standard InChI is InChI=1S/C14H17N3O2/c18-10-11-4-3-6-16(9-11)14(19)12-8-15-17-7-2-1-5-13(12)17/h1-2,5,7-8,11,18H,3-4,6,9-10H2. The van der Waals surface area contributed by atoms with E-state index in [1.54, 1.807) is 10.7 Å². The summed E-state index contributed by atoms with van der Waals surface area (Å²) in [5, 5.41) is 13.4. The Bertz CT molecular complexity index is 593. The molecule has 0 aromatic carbocycles. The first-order valence-corrected chi connectivity index (χ1v) is 6.62. The van der Waals surface area contributed by atoms with Gasteiger partial charge in [-0.2, -0.15) is 5.10 Å². The van der Waals surface area contributed by atoms with Crippen molar-refractivity contribution in [2.24, 2.45) is 5.92 Å². The average Bonchev–Trinajstić information content (AvgIpc) is 2.90. The number of aliphatic hydroxyl groups is 1. The van der Waals surface area contributed by atoms with E-state index in [1.807, 2.05) is 29.3 Å². The molecule has 1 saturated heterocycles. The van der Waals surface area contributed by atoms with Crippen molar-refractivity contribution in [1.29, 1.82) is 0 Å². The second-order valence-corrected chi connectivity index (χ2v) is 5.03. The number of hydrogen-bond acceptors (Lipinski definition) is 3. The summed E-state index contributed by atoms with van der Waals surface area (Å²) in [5.74, 6) is 0.221. The van der Waals surface area contributed by atoms with Gasteiger partial charge in [-0.15, -0.1) is 0 Å². The Morgan fingerprint density at radius 2 is 2.37 bits per heavy atom. The second-order valence-electron chi connectivity index (χ2n) is 5.03. The van der Waals surface area contributed by atoms with Gasteiger partial charge in [-0.25, -0.2) is 4.52 Å². The van der Waals surface area contributed by atoms with E-state index in [9.17, 15) is 9.90 Å². The van der Waals surface area contributed by atoms with Crippen LogP contribution in [0.25, 0.3) is 5.52 Å². The summed E-state index contributed by atoms with van der Waals surface area (Å²) in [6.07, 6.45) is 5.41. The van der Waals surface area contributed by atoms with Gasteiger partial charge in [0.05, 0.1) is 17.3 Å². The first kappa shape index (κ1) is 12.2. The lowest BCUT2D eigenvalue weighted by Gasteiger charge is -2.31. The van der Waals surface area contributed by atoms with E-state index in [4.69, 9.17) is 0 Å². The minimum Gasteiger partial charge on any atom is -0.396 e. The highest BCUT2D eigenvalue weighted by molar-refractivity contribution is 6.00. The number of piperidine rings is 1. The summed E-state index contributed by atoms with van der Waals surface area (Å²) < 4.78 is 1.71. The first-order chi connectivity index (χ1) is 9.29. The molecule has 1 fully saturated rings. The van der Waals surface area contributed by atoms with Gasteiger partial charge in [-0.05, 0) is 30.9 Å². The molecule has 3 heterocycles. The zero-order chi connectivity index (χ0) is 13.2. The monoisotopic (exact) mass is 259 g/mol. The smallest absolute Gasteiger partial charge is 0.257 e. The van der Waals surface area contributed by atoms with Crippen molar-refractivity contribution in [3.63, 3.8) is 0 Å². The predicted molar refractivity (Wildman–Crippen MR) is 70.9 cm³/mol. The van der Waals surface area contributed by atoms with E-state index in [0.29, 0.717) is 12.1 Å². The Balaban J connectivity index is 1.87. The Hall–Kier alpha value is -1.88. The highest BCUT2D eigenvalue weighted by Crippen LogP contribution is 2.20. The number of amides is 1. The fourth-order valence-electron chi connectivity index (χ4n) is 2.67. The topological polar surface area (TPSA) is 57.8 Å². The van der Waals surface area contributed by atoms with Crippen molar-refractivity contribution >= 4 is 11.4 Å². The SMILES string of the molecule is O=C(c1cnn2ccccc12)N1CCCC(CO)C1. The molecule has 1 N–H and O–H groups in total. The lowest BCUT2D eigenvalue weighted by Crippen LogP contribution is -2.40. The van der Waals surface area contributed by atoms with Crippen LogP contribution in [0.2, 0.25) is 0 Å². The second kappa shape index (κ2) is 5.01. The van der Waals surface area contributed by atoms with Crippen molar-refractivity contribution in [2.75, 3.05) is 19.7 Å². The highest BCUT2D eigenvalue weighted by atomic mass is 16.3. The molecule has 2 aromatic heterocycles. The highest BCUT2D eigenvalue weighted by Gasteiger charge is 2.25. The van der Waals surface area contributed by atoms with Crippen LogP contribution in [-0.2, 0) is 0 Å². The minimum atomic E-state index is 0.0133. The molecular weight excluding hydrogens is 242 g/mol. The van der Waals surface area contributed by atoms with E-state index in [-0.39, 0.29) is 18.4 Å². The number of carbonyl (C=O) groups excluding carboxylic acids is 1. The van der Waals surface area contributed by atoms with Crippen LogP contribution in [0.5, 0.6) is 0 Å². The molecule has 2 aromatic rings. The van der Waals surface area contributed by atoms with Crippen LogP contribution >= 0.6 is 0 Å². The van der Waals surface area contributed by atoms with Gasteiger partial charge in [-0.3, -0.25) is 4.79 Å². The maximum Gasteiger partial charge on any atom is 0.257 e. The number of aliphatic hydroxyl groups excluding tert-OH is 1. The summed E-state index contributed by atoms with van der Waals surface area (Å²) >= 11 is 0. The van der Waals surface area contributed by atoms with E-state index in [1.165, 1.54) is 0 Å². The third kappa shape index (κ3) is 2.21. The van der Waals surface area contributed by atoms with Crippen molar-refractivity contribution in [3.8, 4) is 0 Å². The van der Waals surface area contributed by atoms with Crippen LogP contribution in [0.3, 0.4) is 0 Å². The summed E-state index contributed by atoms with van der Waals surface area (Å²) in [6, 6.07) is 5.69. The number of pyridine rings is 1. The Kier molecular flexibility index (Phi) is 3.21. The zero-order valence-corrected chi connectivity index (χ0v) is 10.7. The zero-order valence-electron chi connectivity index (χ0n) is 10.7. The maximum absolute atomic E-state index is 12.5. The molecule has 0 bridgehead atoms. The van der Waals surface area contributed by atoms with Gasteiger partial charge >= 0.3 is 0 Å². The molecule has 1 amide bonds. The number of rotatable bonds is 2. The lowest BCUT2D eigenvalue weighted by atomic mass is 9.98. The van der Waals surface area contributed by atoms with Gasteiger partial charge < -0.3 is 10.0 Å². The van der Waals surface area contributed by atoms with Gasteiger partial charge in [0.2, 0.25) is 0 Å². The van der Waals surface area contributed by atoms with Gasteiger partial charge in [0.25, 0.3) is 5.91 Å². The molecule has 19 heavy (non-hydrogen) atoms. The fraction of sp³-hybridized carbons (Fsp3) is 0.429. The third-order valence-corrected chi connectivity index (χ3v) is 3.72. The molecule has 0 spiro atoms. The third-order valence-electron chi connectivity index (χ3n) is 3.72. The molecule has 1 unspecified atom stereocenters. The van der Waals surface area contributed by atoms with E-state index >= 15 is 0 Å². The molecule has 0 saturated carbocycles. The predicted octanol–water partition coefficient (Wildman–Crippen LogP) is 1.18. The minimum absolute atomic E-state index is 0.0133. The molecular formula is C14H17N3O2. The fourth-order valence-corrected chi connectivity index (χ4v) is 2.67. The molecule has 1 aliphatic rings. The summed E-state index contributed by atoms with van der Waals surface area (Å²) in [5.41, 5.74) is 1.47. The molecule has 5 nitrogen and oxygen atoms in total. The molecule has 100 valence electrons. The molecule has 0 aliphatic carbocycles. The van der Waals surface area contributed by atoms with Crippen LogP contribution in [0.15, 0.2) is 30.6 Å². The molecule has 5 heteroatoms. The normalized spacial score (nSPS) is 19.8. The number of nitrogens with zero attached hydrogens (tertiary/aromatic N) is 3. The van der Waals surface area contributed by atoms with Crippen LogP contribution in [0, 0.1) is 5.92 Å². The van der Waals surface area contributed by atoms with E-state index in [2.05, 4.69) is 5.10 Å². The van der Waals surface area contributed by atoms with Crippen LogP contribution in [0.1, 0.15) is 23.2 Å². The van der Waals surface area contributed by atoms with Crippen molar-refractivity contribution in [1.82, 2.24) is 14.5 Å². The molecule has 1 atom stereocenters. The maximum atomic E-state index is 12.5. The molecule has 0 radical (unpaired) electrons. The molecule has 3 rings (SSSR count). The lowest BCUT2D eigenvalue weighted by molar-refractivity contribution is 0.0622. The van der Waals surface area contributed by atoms with Crippen molar-refractivity contribution < 1.29 is 9.90 Å². The van der Waals surface area contributed by atoms with E-state index in [0.717, 1.165) is 24.9 Å². The van der Waals surface area contributed by atoms with Gasteiger partial charge in [0, 0.05) is 25.9 Å². The Labute approximate surface area is 111 Å². The number of carbonyl (C=O) groups is 1. The largest absolute Gasteiger partial charge is 0.396 e.